The van der Waals surface area contributed by atoms with Crippen LogP contribution in [0.3, 0.4) is 0 Å². The van der Waals surface area contributed by atoms with Gasteiger partial charge >= 0.3 is 0 Å². The lowest BCUT2D eigenvalue weighted by molar-refractivity contribution is 0.669. The van der Waals surface area contributed by atoms with E-state index in [0.29, 0.717) is 0 Å². The van der Waals surface area contributed by atoms with Crippen molar-refractivity contribution < 1.29 is 4.21 Å². The Morgan fingerprint density at radius 2 is 2.11 bits per heavy atom. The summed E-state index contributed by atoms with van der Waals surface area (Å²) in [5, 5.41) is 3.70. The Morgan fingerprint density at radius 3 is 2.44 bits per heavy atom. The fourth-order valence-electron chi connectivity index (χ4n) is 0.178. The molecule has 0 saturated heterocycles. The summed E-state index contributed by atoms with van der Waals surface area (Å²) in [6.45, 7) is 3.64. The minimum atomic E-state index is -1.24. The second kappa shape index (κ2) is 4.46. The van der Waals surface area contributed by atoms with Gasteiger partial charge in [-0.1, -0.05) is 0 Å². The van der Waals surface area contributed by atoms with Crippen molar-refractivity contribution >= 4 is 16.9 Å². The van der Waals surface area contributed by atoms with Gasteiger partial charge in [-0.25, -0.2) is 13.8 Å². The van der Waals surface area contributed by atoms with Gasteiger partial charge in [-0.2, -0.15) is 5.10 Å². The second-order valence-electron chi connectivity index (χ2n) is 1.62. The van der Waals surface area contributed by atoms with Gasteiger partial charge in [0.2, 0.25) is 11.2 Å². The van der Waals surface area contributed by atoms with Gasteiger partial charge in [0.15, 0.2) is 0 Å². The van der Waals surface area contributed by atoms with E-state index >= 15 is 0 Å². The third kappa shape index (κ3) is 5.45. The average Bonchev–Trinajstić information content (AvgIpc) is 1.83. The predicted octanol–water partition coefficient (Wildman–Crippen LogP) is -0.230. The van der Waals surface area contributed by atoms with Gasteiger partial charge in [0.25, 0.3) is 0 Å². The molecule has 0 spiro atoms. The van der Waals surface area contributed by atoms with Crippen LogP contribution in [0.2, 0.25) is 0 Å². The molecule has 54 valence electrons. The Hall–Kier alpha value is -0.420. The molecule has 0 aliphatic rings. The summed E-state index contributed by atoms with van der Waals surface area (Å²) in [5.74, 6) is 0. The van der Waals surface area contributed by atoms with E-state index < -0.39 is 11.2 Å². The smallest absolute Gasteiger partial charge is 0.209 e. The van der Waals surface area contributed by atoms with Crippen molar-refractivity contribution in [3.8, 4) is 0 Å². The van der Waals surface area contributed by atoms with Gasteiger partial charge in [-0.05, 0) is 20.9 Å². The van der Waals surface area contributed by atoms with Crippen LogP contribution < -0.4 is 9.55 Å². The van der Waals surface area contributed by atoms with Crippen LogP contribution in [0, 0.1) is 0 Å². The Bertz CT molecular complexity index is 130. The molecule has 0 aromatic heterocycles. The molecule has 9 heavy (non-hydrogen) atoms. The van der Waals surface area contributed by atoms with Crippen molar-refractivity contribution in [2.45, 2.75) is 13.8 Å². The molecule has 1 atom stereocenters. The third-order valence-electron chi connectivity index (χ3n) is 0.538. The highest BCUT2D eigenvalue weighted by molar-refractivity contribution is 7.80. The molecule has 0 aliphatic heterocycles. The van der Waals surface area contributed by atoms with E-state index in [1.54, 1.807) is 7.05 Å². The van der Waals surface area contributed by atoms with Gasteiger partial charge in [-0.3, -0.25) is 0 Å². The van der Waals surface area contributed by atoms with Crippen molar-refractivity contribution in [3.63, 3.8) is 0 Å². The SMILES string of the molecule is CNS(=O)NN=C(C)C. The highest BCUT2D eigenvalue weighted by Gasteiger charge is 1.86. The minimum Gasteiger partial charge on any atom is -0.222 e. The van der Waals surface area contributed by atoms with Gasteiger partial charge in [0.05, 0.1) is 0 Å². The van der Waals surface area contributed by atoms with Crippen LogP contribution in [0.1, 0.15) is 13.8 Å². The average molecular weight is 149 g/mol. The maximum atomic E-state index is 10.5. The van der Waals surface area contributed by atoms with Crippen molar-refractivity contribution in [2.24, 2.45) is 5.10 Å². The molecule has 0 amide bonds. The zero-order chi connectivity index (χ0) is 7.28. The fourth-order valence-corrected chi connectivity index (χ4v) is 0.535. The molecule has 4 nitrogen and oxygen atoms in total. The summed E-state index contributed by atoms with van der Waals surface area (Å²) >= 11 is -1.24. The third-order valence-corrected chi connectivity index (χ3v) is 1.17. The van der Waals surface area contributed by atoms with Crippen LogP contribution in [0.4, 0.5) is 0 Å². The zero-order valence-corrected chi connectivity index (χ0v) is 6.58. The highest BCUT2D eigenvalue weighted by atomic mass is 32.2. The van der Waals surface area contributed by atoms with Crippen LogP contribution in [0.15, 0.2) is 5.10 Å². The zero-order valence-electron chi connectivity index (χ0n) is 5.76. The van der Waals surface area contributed by atoms with Crippen molar-refractivity contribution in [1.82, 2.24) is 9.55 Å². The topological polar surface area (TPSA) is 53.5 Å². The molecule has 2 N–H and O–H groups in total. The van der Waals surface area contributed by atoms with Gasteiger partial charge in [-0.15, -0.1) is 0 Å². The summed E-state index contributed by atoms with van der Waals surface area (Å²) in [6, 6.07) is 0. The Kier molecular flexibility index (Phi) is 4.25. The molecule has 0 aromatic carbocycles. The standard InChI is InChI=1S/C4H11N3OS/c1-4(2)6-7-9(8)5-3/h5,7H,1-3H3. The number of nitrogens with one attached hydrogen (secondary N) is 2. The van der Waals surface area contributed by atoms with Crippen LogP contribution >= 0.6 is 0 Å². The summed E-state index contributed by atoms with van der Waals surface area (Å²) in [7, 11) is 1.59. The molecule has 1 unspecified atom stereocenters. The number of hydrazone groups is 1. The monoisotopic (exact) mass is 149 g/mol. The Balaban J connectivity index is 3.50. The molecule has 5 heteroatoms. The summed E-state index contributed by atoms with van der Waals surface area (Å²) in [4.78, 5) is 2.38. The number of hydrogen-bond acceptors (Lipinski definition) is 2. The Morgan fingerprint density at radius 1 is 1.56 bits per heavy atom. The fraction of sp³-hybridized carbons (Fsp3) is 0.750. The normalized spacial score (nSPS) is 12.3. The van der Waals surface area contributed by atoms with Gasteiger partial charge in [0.1, 0.15) is 0 Å². The predicted molar refractivity (Wildman–Crippen MR) is 39.1 cm³/mol. The summed E-state index contributed by atoms with van der Waals surface area (Å²) in [6.07, 6.45) is 0. The van der Waals surface area contributed by atoms with E-state index in [1.165, 1.54) is 0 Å². The van der Waals surface area contributed by atoms with Crippen LogP contribution in [0.25, 0.3) is 0 Å². The first-order valence-corrected chi connectivity index (χ1v) is 3.67. The minimum absolute atomic E-state index is 0.846. The number of nitrogens with zero attached hydrogens (tertiary/aromatic N) is 1. The lowest BCUT2D eigenvalue weighted by atomic mass is 10.5. The molecular formula is C4H11N3OS. The molecule has 0 aliphatic carbocycles. The van der Waals surface area contributed by atoms with Crippen LogP contribution in [-0.2, 0) is 11.2 Å². The van der Waals surface area contributed by atoms with Crippen molar-refractivity contribution in [2.75, 3.05) is 7.05 Å². The molecular weight excluding hydrogens is 138 g/mol. The summed E-state index contributed by atoms with van der Waals surface area (Å²) in [5.41, 5.74) is 0.846. The molecule has 0 radical (unpaired) electrons. The van der Waals surface area contributed by atoms with E-state index in [0.717, 1.165) is 5.71 Å². The lowest BCUT2D eigenvalue weighted by Gasteiger charge is -1.95. The first kappa shape index (κ1) is 8.58. The van der Waals surface area contributed by atoms with E-state index in [9.17, 15) is 4.21 Å². The first-order valence-electron chi connectivity index (χ1n) is 2.52. The molecule has 0 fully saturated rings. The van der Waals surface area contributed by atoms with Crippen LogP contribution in [0.5, 0.6) is 0 Å². The van der Waals surface area contributed by atoms with Crippen molar-refractivity contribution in [3.05, 3.63) is 0 Å². The maximum Gasteiger partial charge on any atom is 0.209 e. The number of hydrogen-bond donors (Lipinski definition) is 2. The Labute approximate surface area is 57.4 Å². The lowest BCUT2D eigenvalue weighted by Crippen LogP contribution is -2.23. The van der Waals surface area contributed by atoms with E-state index in [1.807, 2.05) is 13.8 Å². The maximum absolute atomic E-state index is 10.5. The van der Waals surface area contributed by atoms with Gasteiger partial charge < -0.3 is 0 Å². The molecule has 0 saturated carbocycles. The number of rotatable bonds is 3. The highest BCUT2D eigenvalue weighted by Crippen LogP contribution is 1.70. The molecule has 0 aromatic rings. The second-order valence-corrected chi connectivity index (χ2v) is 2.75. The molecule has 0 heterocycles. The molecule has 0 bridgehead atoms. The molecule has 0 rings (SSSR count). The first-order chi connectivity index (χ1) is 4.16. The van der Waals surface area contributed by atoms with Gasteiger partial charge in [0, 0.05) is 5.71 Å². The van der Waals surface area contributed by atoms with Crippen molar-refractivity contribution in [1.29, 1.82) is 0 Å². The largest absolute Gasteiger partial charge is 0.222 e. The van der Waals surface area contributed by atoms with E-state index in [4.69, 9.17) is 0 Å². The van der Waals surface area contributed by atoms with E-state index in [2.05, 4.69) is 14.7 Å². The quantitative estimate of drug-likeness (QED) is 0.422. The van der Waals surface area contributed by atoms with Crippen LogP contribution in [-0.4, -0.2) is 17.0 Å². The van der Waals surface area contributed by atoms with E-state index in [-0.39, 0.29) is 0 Å². The summed E-state index contributed by atoms with van der Waals surface area (Å²) < 4.78 is 13.0.